The molecule has 1 unspecified atom stereocenters. The van der Waals surface area contributed by atoms with Crippen molar-refractivity contribution in [1.29, 1.82) is 0 Å². The molecule has 1 aromatic heterocycles. The lowest BCUT2D eigenvalue weighted by atomic mass is 9.93. The molecule has 1 aromatic carbocycles. The average Bonchev–Trinajstić information content (AvgIpc) is 2.30. The van der Waals surface area contributed by atoms with E-state index in [0.29, 0.717) is 0 Å². The van der Waals surface area contributed by atoms with Crippen LogP contribution in [0.15, 0.2) is 42.7 Å². The first-order chi connectivity index (χ1) is 7.70. The second-order valence-electron chi connectivity index (χ2n) is 4.07. The predicted octanol–water partition coefficient (Wildman–Crippen LogP) is 2.75. The highest BCUT2D eigenvalue weighted by molar-refractivity contribution is 5.40. The van der Waals surface area contributed by atoms with Crippen molar-refractivity contribution in [2.24, 2.45) is 5.73 Å². The van der Waals surface area contributed by atoms with Gasteiger partial charge in [0.15, 0.2) is 0 Å². The monoisotopic (exact) mass is 212 g/mol. The van der Waals surface area contributed by atoms with Gasteiger partial charge in [0.05, 0.1) is 6.04 Å². The summed E-state index contributed by atoms with van der Waals surface area (Å²) in [5.41, 5.74) is 11.0. The highest BCUT2D eigenvalue weighted by Gasteiger charge is 2.13. The number of nitrogens with zero attached hydrogens (tertiary/aromatic N) is 1. The Morgan fingerprint density at radius 1 is 1.06 bits per heavy atom. The number of hydrogen-bond acceptors (Lipinski definition) is 2. The predicted molar refractivity (Wildman–Crippen MR) is 66.2 cm³/mol. The van der Waals surface area contributed by atoms with Crippen LogP contribution < -0.4 is 5.73 Å². The van der Waals surface area contributed by atoms with Gasteiger partial charge >= 0.3 is 0 Å². The fraction of sp³-hybridized carbons (Fsp3) is 0.214. The van der Waals surface area contributed by atoms with Crippen molar-refractivity contribution in [2.45, 2.75) is 19.9 Å². The Bertz CT molecular complexity index is 457. The maximum absolute atomic E-state index is 6.28. The zero-order valence-electron chi connectivity index (χ0n) is 9.64. The zero-order chi connectivity index (χ0) is 11.5. The van der Waals surface area contributed by atoms with Crippen LogP contribution in [0.3, 0.4) is 0 Å². The van der Waals surface area contributed by atoms with Crippen LogP contribution in [0.25, 0.3) is 0 Å². The molecule has 1 atom stereocenters. The molecule has 0 spiro atoms. The van der Waals surface area contributed by atoms with E-state index in [1.807, 2.05) is 18.3 Å². The van der Waals surface area contributed by atoms with Crippen LogP contribution in [0.2, 0.25) is 0 Å². The van der Waals surface area contributed by atoms with Crippen molar-refractivity contribution in [2.75, 3.05) is 0 Å². The van der Waals surface area contributed by atoms with Crippen LogP contribution >= 0.6 is 0 Å². The van der Waals surface area contributed by atoms with Crippen molar-refractivity contribution in [1.82, 2.24) is 4.98 Å². The molecule has 0 bridgehead atoms. The molecule has 0 aliphatic heterocycles. The van der Waals surface area contributed by atoms with Gasteiger partial charge in [0.1, 0.15) is 0 Å². The van der Waals surface area contributed by atoms with Crippen LogP contribution in [0.1, 0.15) is 28.3 Å². The lowest BCUT2D eigenvalue weighted by Gasteiger charge is -2.17. The van der Waals surface area contributed by atoms with Gasteiger partial charge in [-0.3, -0.25) is 4.98 Å². The Labute approximate surface area is 96.1 Å². The molecule has 2 nitrogen and oxygen atoms in total. The molecule has 2 aromatic rings. The second-order valence-corrected chi connectivity index (χ2v) is 4.07. The Hall–Kier alpha value is -1.67. The van der Waals surface area contributed by atoms with Crippen molar-refractivity contribution in [3.8, 4) is 0 Å². The number of pyridine rings is 1. The summed E-state index contributed by atoms with van der Waals surface area (Å²) >= 11 is 0. The molecule has 2 rings (SSSR count). The first-order valence-corrected chi connectivity index (χ1v) is 5.42. The third-order valence-corrected chi connectivity index (χ3v) is 2.90. The molecule has 0 amide bonds. The van der Waals surface area contributed by atoms with Crippen molar-refractivity contribution in [3.05, 3.63) is 65.0 Å². The van der Waals surface area contributed by atoms with Gasteiger partial charge in [-0.05, 0) is 42.2 Å². The van der Waals surface area contributed by atoms with Gasteiger partial charge in [0.2, 0.25) is 0 Å². The summed E-state index contributed by atoms with van der Waals surface area (Å²) in [5, 5.41) is 0. The molecule has 0 aliphatic rings. The fourth-order valence-corrected chi connectivity index (χ4v) is 2.04. The highest BCUT2D eigenvalue weighted by Crippen LogP contribution is 2.24. The van der Waals surface area contributed by atoms with Crippen molar-refractivity contribution in [3.63, 3.8) is 0 Å². The summed E-state index contributed by atoms with van der Waals surface area (Å²) in [7, 11) is 0. The normalized spacial score (nSPS) is 12.4. The van der Waals surface area contributed by atoms with Crippen molar-refractivity contribution >= 4 is 0 Å². The lowest BCUT2D eigenvalue weighted by Crippen LogP contribution is -2.14. The first-order valence-electron chi connectivity index (χ1n) is 5.42. The Morgan fingerprint density at radius 2 is 1.75 bits per heavy atom. The maximum Gasteiger partial charge on any atom is 0.0572 e. The van der Waals surface area contributed by atoms with E-state index in [-0.39, 0.29) is 6.04 Å². The quantitative estimate of drug-likeness (QED) is 0.831. The highest BCUT2D eigenvalue weighted by atomic mass is 14.7. The molecule has 0 aliphatic carbocycles. The summed E-state index contributed by atoms with van der Waals surface area (Å²) in [6.45, 7) is 4.19. The molecule has 0 radical (unpaired) electrons. The van der Waals surface area contributed by atoms with Gasteiger partial charge in [0.25, 0.3) is 0 Å². The van der Waals surface area contributed by atoms with Gasteiger partial charge in [-0.1, -0.05) is 24.3 Å². The van der Waals surface area contributed by atoms with Gasteiger partial charge in [-0.25, -0.2) is 0 Å². The summed E-state index contributed by atoms with van der Waals surface area (Å²) in [6.07, 6.45) is 3.59. The Kier molecular flexibility index (Phi) is 3.02. The minimum atomic E-state index is -0.0881. The summed E-state index contributed by atoms with van der Waals surface area (Å²) in [4.78, 5) is 4.11. The molecule has 2 heteroatoms. The number of nitrogens with two attached hydrogens (primary N) is 1. The van der Waals surface area contributed by atoms with E-state index in [0.717, 1.165) is 5.56 Å². The van der Waals surface area contributed by atoms with Crippen LogP contribution in [0, 0.1) is 13.8 Å². The number of rotatable bonds is 2. The summed E-state index contributed by atoms with van der Waals surface area (Å²) in [6, 6.07) is 10.1. The summed E-state index contributed by atoms with van der Waals surface area (Å²) < 4.78 is 0. The third-order valence-electron chi connectivity index (χ3n) is 2.90. The van der Waals surface area contributed by atoms with Crippen molar-refractivity contribution < 1.29 is 0 Å². The zero-order valence-corrected chi connectivity index (χ0v) is 9.64. The minimum Gasteiger partial charge on any atom is -0.320 e. The Balaban J connectivity index is 2.46. The molecule has 0 fully saturated rings. The standard InChI is InChI=1S/C14H16N2/c1-10-5-3-6-11(2)13(10)14(15)12-7-4-8-16-9-12/h3-9,14H,15H2,1-2H3. The van der Waals surface area contributed by atoms with Crippen LogP contribution in [0.5, 0.6) is 0 Å². The van der Waals surface area contributed by atoms with Crippen LogP contribution in [0.4, 0.5) is 0 Å². The van der Waals surface area contributed by atoms with E-state index >= 15 is 0 Å². The van der Waals surface area contributed by atoms with Gasteiger partial charge < -0.3 is 5.73 Å². The number of benzene rings is 1. The minimum absolute atomic E-state index is 0.0881. The van der Waals surface area contributed by atoms with E-state index in [4.69, 9.17) is 5.73 Å². The molecule has 2 N–H and O–H groups in total. The van der Waals surface area contributed by atoms with E-state index in [1.54, 1.807) is 6.20 Å². The first kappa shape index (κ1) is 10.8. The fourth-order valence-electron chi connectivity index (χ4n) is 2.04. The van der Waals surface area contributed by atoms with Gasteiger partial charge in [-0.2, -0.15) is 0 Å². The van der Waals surface area contributed by atoms with Gasteiger partial charge in [-0.15, -0.1) is 0 Å². The van der Waals surface area contributed by atoms with E-state index < -0.39 is 0 Å². The molecule has 0 saturated heterocycles. The van der Waals surface area contributed by atoms with E-state index in [9.17, 15) is 0 Å². The molecular formula is C14H16N2. The number of aromatic nitrogens is 1. The molecule has 82 valence electrons. The molecule has 16 heavy (non-hydrogen) atoms. The molecule has 0 saturated carbocycles. The average molecular weight is 212 g/mol. The topological polar surface area (TPSA) is 38.9 Å². The number of hydrogen-bond donors (Lipinski definition) is 1. The number of aryl methyl sites for hydroxylation is 2. The SMILES string of the molecule is Cc1cccc(C)c1C(N)c1cccnc1. The third kappa shape index (κ3) is 1.97. The second kappa shape index (κ2) is 4.45. The molecule has 1 heterocycles. The van der Waals surface area contributed by atoms with Crippen LogP contribution in [-0.2, 0) is 0 Å². The lowest BCUT2D eigenvalue weighted by molar-refractivity contribution is 0.844. The largest absolute Gasteiger partial charge is 0.320 e. The van der Waals surface area contributed by atoms with E-state index in [1.165, 1.54) is 16.7 Å². The Morgan fingerprint density at radius 3 is 2.31 bits per heavy atom. The van der Waals surface area contributed by atoms with E-state index in [2.05, 4.69) is 37.0 Å². The van der Waals surface area contributed by atoms with Gasteiger partial charge in [0, 0.05) is 12.4 Å². The summed E-state index contributed by atoms with van der Waals surface area (Å²) in [5.74, 6) is 0. The van der Waals surface area contributed by atoms with Crippen LogP contribution in [-0.4, -0.2) is 4.98 Å². The molecular weight excluding hydrogens is 196 g/mol. The maximum atomic E-state index is 6.28. The smallest absolute Gasteiger partial charge is 0.0572 e.